The maximum Gasteiger partial charge on any atom is 0.135 e. The third-order valence-corrected chi connectivity index (χ3v) is 12.4. The van der Waals surface area contributed by atoms with Gasteiger partial charge in [-0.15, -0.1) is 0 Å². The number of para-hydroxylation sites is 3. The summed E-state index contributed by atoms with van der Waals surface area (Å²) in [6, 6.07) is 87.2. The molecule has 0 aliphatic heterocycles. The van der Waals surface area contributed by atoms with Crippen molar-refractivity contribution in [3.8, 4) is 50.2 Å². The van der Waals surface area contributed by atoms with Crippen LogP contribution < -0.4 is 4.90 Å². The zero-order chi connectivity index (χ0) is 43.7. The second-order valence-corrected chi connectivity index (χ2v) is 16.2. The van der Waals surface area contributed by atoms with Crippen LogP contribution >= 0.6 is 0 Å². The Balaban J connectivity index is 0.00000231. The van der Waals surface area contributed by atoms with Gasteiger partial charge in [0.2, 0.25) is 0 Å². The van der Waals surface area contributed by atoms with Crippen molar-refractivity contribution in [2.75, 3.05) is 4.90 Å². The Morgan fingerprint density at radius 3 is 1.26 bits per heavy atom. The molecule has 0 bridgehead atoms. The van der Waals surface area contributed by atoms with E-state index in [0.717, 1.165) is 61.4 Å². The summed E-state index contributed by atoms with van der Waals surface area (Å²) < 4.78 is 8.52. The minimum atomic E-state index is 0.903. The van der Waals surface area contributed by atoms with Gasteiger partial charge in [-0.25, -0.2) is 0 Å². The number of anilines is 3. The topological polar surface area (TPSA) is 21.3 Å². The van der Waals surface area contributed by atoms with Crippen LogP contribution in [0, 0.1) is 0 Å². The summed E-state index contributed by atoms with van der Waals surface area (Å²) in [4.78, 5) is 2.35. The van der Waals surface area contributed by atoms with E-state index in [1.165, 1.54) is 49.6 Å². The van der Waals surface area contributed by atoms with Crippen molar-refractivity contribution < 1.29 is 4.42 Å². The van der Waals surface area contributed by atoms with Gasteiger partial charge in [0, 0.05) is 44.3 Å². The first-order chi connectivity index (χ1) is 32.2. The number of benzene rings is 10. The van der Waals surface area contributed by atoms with E-state index in [4.69, 9.17) is 4.42 Å². The molecule has 2 heterocycles. The third-order valence-electron chi connectivity index (χ3n) is 12.4. The van der Waals surface area contributed by atoms with Gasteiger partial charge in [-0.1, -0.05) is 172 Å². The van der Waals surface area contributed by atoms with E-state index in [1.54, 1.807) is 0 Å². The Bertz CT molecular complexity index is 3550. The lowest BCUT2D eigenvalue weighted by atomic mass is 9.98. The molecule has 10 aromatic carbocycles. The van der Waals surface area contributed by atoms with E-state index >= 15 is 0 Å². The molecule has 0 unspecified atom stereocenters. The molecule has 310 valence electrons. The van der Waals surface area contributed by atoms with Gasteiger partial charge in [-0.2, -0.15) is 0 Å². The van der Waals surface area contributed by atoms with Crippen LogP contribution in [-0.2, 0) is 0 Å². The highest BCUT2D eigenvalue weighted by molar-refractivity contribution is 6.09. The summed E-state index contributed by atoms with van der Waals surface area (Å²) in [5.41, 5.74) is 18.0. The van der Waals surface area contributed by atoms with Gasteiger partial charge in [0.05, 0.1) is 11.0 Å². The molecular weight excluding hydrogens is 789 g/mol. The van der Waals surface area contributed by atoms with Crippen LogP contribution in [0.4, 0.5) is 17.1 Å². The summed E-state index contributed by atoms with van der Waals surface area (Å²) in [5.74, 6) is 0. The lowest BCUT2D eigenvalue weighted by molar-refractivity contribution is 0.669. The first-order valence-corrected chi connectivity index (χ1v) is 22.5. The molecule has 0 atom stereocenters. The molecule has 2 aromatic heterocycles. The monoisotopic (exact) mass is 834 g/mol. The molecule has 0 amide bonds. The molecule has 12 aromatic rings. The molecule has 12 rings (SSSR count). The van der Waals surface area contributed by atoms with Crippen LogP contribution in [0.1, 0.15) is 13.8 Å². The molecule has 0 saturated heterocycles. The fourth-order valence-corrected chi connectivity index (χ4v) is 9.30. The molecular formula is C62H46N2O. The van der Waals surface area contributed by atoms with Gasteiger partial charge in [0.15, 0.2) is 0 Å². The maximum atomic E-state index is 6.14. The zero-order valence-electron chi connectivity index (χ0n) is 36.4. The van der Waals surface area contributed by atoms with Gasteiger partial charge in [0.25, 0.3) is 0 Å². The largest absolute Gasteiger partial charge is 0.456 e. The molecule has 0 aliphatic rings. The second kappa shape index (κ2) is 17.0. The molecule has 0 spiro atoms. The summed E-state index contributed by atoms with van der Waals surface area (Å²) >= 11 is 0. The second-order valence-electron chi connectivity index (χ2n) is 16.2. The van der Waals surface area contributed by atoms with E-state index in [9.17, 15) is 0 Å². The first-order valence-electron chi connectivity index (χ1n) is 22.5. The van der Waals surface area contributed by atoms with Crippen molar-refractivity contribution in [1.29, 1.82) is 0 Å². The zero-order valence-corrected chi connectivity index (χ0v) is 36.4. The van der Waals surface area contributed by atoms with Crippen LogP contribution in [0.15, 0.2) is 247 Å². The van der Waals surface area contributed by atoms with Crippen LogP contribution in [0.25, 0.3) is 93.9 Å². The highest BCUT2D eigenvalue weighted by Crippen LogP contribution is 2.40. The number of nitrogens with zero attached hydrogens (tertiary/aromatic N) is 2. The fourth-order valence-electron chi connectivity index (χ4n) is 9.30. The normalized spacial score (nSPS) is 11.2. The van der Waals surface area contributed by atoms with Crippen LogP contribution in [0.2, 0.25) is 0 Å². The molecule has 65 heavy (non-hydrogen) atoms. The highest BCUT2D eigenvalue weighted by Gasteiger charge is 2.16. The Kier molecular flexibility index (Phi) is 10.3. The standard InChI is InChI=1S/C60H40N2O.C2H6/c1-2-12-41(13-3-1)45-14-10-15-46(38-45)42-24-31-49(32-25-42)61(51-35-28-44(29-36-51)48-30-37-60-56(40-48)55-20-6-9-23-59(55)63-60)50-33-26-43(27-34-50)47-16-11-17-52(39-47)62-57-21-7-4-18-53(57)54-19-5-8-22-58(54)62;1-2/h1-40H;1-2H3. The number of aromatic nitrogens is 1. The van der Waals surface area contributed by atoms with Crippen molar-refractivity contribution in [2.24, 2.45) is 0 Å². The SMILES string of the molecule is CC.c1ccc(-c2cccc(-c3ccc(N(c4ccc(-c5cccc(-n6c7ccccc7c7ccccc76)c5)cc4)c4ccc(-c5ccc6oc7ccccc7c6c5)cc4)cc3)c2)cc1. The van der Waals surface area contributed by atoms with E-state index < -0.39 is 0 Å². The van der Waals surface area contributed by atoms with Crippen LogP contribution in [-0.4, -0.2) is 4.57 Å². The van der Waals surface area contributed by atoms with Crippen molar-refractivity contribution in [2.45, 2.75) is 13.8 Å². The summed E-state index contributed by atoms with van der Waals surface area (Å²) in [6.07, 6.45) is 0. The Morgan fingerprint density at radius 1 is 0.292 bits per heavy atom. The predicted octanol–water partition coefficient (Wildman–Crippen LogP) is 17.8. The van der Waals surface area contributed by atoms with E-state index in [-0.39, 0.29) is 0 Å². The highest BCUT2D eigenvalue weighted by atomic mass is 16.3. The molecule has 0 radical (unpaired) electrons. The van der Waals surface area contributed by atoms with Crippen molar-refractivity contribution in [1.82, 2.24) is 4.57 Å². The number of hydrogen-bond donors (Lipinski definition) is 0. The van der Waals surface area contributed by atoms with Crippen LogP contribution in [0.5, 0.6) is 0 Å². The Morgan fingerprint density at radius 2 is 0.692 bits per heavy atom. The molecule has 0 fully saturated rings. The van der Waals surface area contributed by atoms with Gasteiger partial charge < -0.3 is 13.9 Å². The van der Waals surface area contributed by atoms with Gasteiger partial charge >= 0.3 is 0 Å². The number of hydrogen-bond acceptors (Lipinski definition) is 2. The minimum Gasteiger partial charge on any atom is -0.456 e. The van der Waals surface area contributed by atoms with E-state index in [1.807, 2.05) is 26.0 Å². The Hall–Kier alpha value is -8.40. The maximum absolute atomic E-state index is 6.14. The predicted molar refractivity (Wildman–Crippen MR) is 276 cm³/mol. The van der Waals surface area contributed by atoms with Crippen molar-refractivity contribution in [3.63, 3.8) is 0 Å². The molecule has 0 saturated carbocycles. The Labute approximate surface area is 379 Å². The van der Waals surface area contributed by atoms with Gasteiger partial charge in [-0.05, 0) is 129 Å². The smallest absolute Gasteiger partial charge is 0.135 e. The van der Waals surface area contributed by atoms with Crippen LogP contribution in [0.3, 0.4) is 0 Å². The molecule has 3 nitrogen and oxygen atoms in total. The average Bonchev–Trinajstić information content (AvgIpc) is 3.94. The summed E-state index contributed by atoms with van der Waals surface area (Å²) in [5, 5.41) is 4.79. The first kappa shape index (κ1) is 39.4. The van der Waals surface area contributed by atoms with Gasteiger partial charge in [-0.3, -0.25) is 0 Å². The molecule has 0 N–H and O–H groups in total. The van der Waals surface area contributed by atoms with Crippen molar-refractivity contribution in [3.05, 3.63) is 243 Å². The summed E-state index contributed by atoms with van der Waals surface area (Å²) in [7, 11) is 0. The average molecular weight is 835 g/mol. The lowest BCUT2D eigenvalue weighted by Crippen LogP contribution is -2.09. The summed E-state index contributed by atoms with van der Waals surface area (Å²) in [6.45, 7) is 4.00. The number of fused-ring (bicyclic) bond motifs is 6. The third kappa shape index (κ3) is 7.33. The number of furan rings is 1. The fraction of sp³-hybridized carbons (Fsp3) is 0.0323. The molecule has 0 aliphatic carbocycles. The van der Waals surface area contributed by atoms with Crippen molar-refractivity contribution >= 4 is 60.8 Å². The lowest BCUT2D eigenvalue weighted by Gasteiger charge is -2.26. The van der Waals surface area contributed by atoms with E-state index in [0.29, 0.717) is 0 Å². The minimum absolute atomic E-state index is 0.903. The van der Waals surface area contributed by atoms with E-state index in [2.05, 4.69) is 240 Å². The molecule has 3 heteroatoms. The quantitative estimate of drug-likeness (QED) is 0.152. The number of rotatable bonds is 8. The van der Waals surface area contributed by atoms with Gasteiger partial charge in [0.1, 0.15) is 11.2 Å².